The lowest BCUT2D eigenvalue weighted by atomic mass is 9.78. The van der Waals surface area contributed by atoms with E-state index in [-0.39, 0.29) is 0 Å². The normalized spacial score (nSPS) is 27.9. The fraction of sp³-hybridized carbons (Fsp3) is 1.00. The van der Waals surface area contributed by atoms with Crippen molar-refractivity contribution in [3.63, 3.8) is 0 Å². The highest BCUT2D eigenvalue weighted by atomic mass is 15.3. The predicted molar refractivity (Wildman–Crippen MR) is 60.5 cm³/mol. The molecule has 0 radical (unpaired) electrons. The van der Waals surface area contributed by atoms with Gasteiger partial charge in [-0.15, -0.1) is 0 Å². The van der Waals surface area contributed by atoms with Crippen molar-refractivity contribution < 1.29 is 0 Å². The smallest absolute Gasteiger partial charge is 0.00972 e. The average Bonchev–Trinajstić information content (AvgIpc) is 2.44. The number of likely N-dealkylation sites (tertiary alicyclic amines) is 2. The Morgan fingerprint density at radius 1 is 0.857 bits per heavy atom. The van der Waals surface area contributed by atoms with Crippen LogP contribution in [0.5, 0.6) is 0 Å². The molecule has 0 aliphatic carbocycles. The Morgan fingerprint density at radius 3 is 1.79 bits per heavy atom. The molecule has 2 heteroatoms. The van der Waals surface area contributed by atoms with E-state index in [0.29, 0.717) is 5.41 Å². The van der Waals surface area contributed by atoms with Crippen molar-refractivity contribution in [3.05, 3.63) is 0 Å². The van der Waals surface area contributed by atoms with Crippen LogP contribution in [0.3, 0.4) is 0 Å². The molecule has 82 valence electrons. The van der Waals surface area contributed by atoms with Gasteiger partial charge in [0.2, 0.25) is 0 Å². The standard InChI is InChI=1S/C12H24N2/c1-10(2)13-6-5-12(7-13)8-14(9-12)11(3)4/h10-11H,5-9H2,1-4H3. The fourth-order valence-corrected chi connectivity index (χ4v) is 2.85. The van der Waals surface area contributed by atoms with Crippen molar-refractivity contribution in [1.29, 1.82) is 0 Å². The highest BCUT2D eigenvalue weighted by Gasteiger charge is 2.48. The lowest BCUT2D eigenvalue weighted by Gasteiger charge is -2.50. The third kappa shape index (κ3) is 1.70. The Balaban J connectivity index is 1.86. The average molecular weight is 196 g/mol. The monoisotopic (exact) mass is 196 g/mol. The molecule has 0 aromatic carbocycles. The Bertz CT molecular complexity index is 204. The van der Waals surface area contributed by atoms with Crippen molar-refractivity contribution in [2.45, 2.75) is 46.2 Å². The van der Waals surface area contributed by atoms with E-state index in [0.717, 1.165) is 12.1 Å². The SMILES string of the molecule is CC(C)N1CCC2(C1)CN(C(C)C)C2. The number of hydrogen-bond acceptors (Lipinski definition) is 2. The van der Waals surface area contributed by atoms with E-state index >= 15 is 0 Å². The van der Waals surface area contributed by atoms with Crippen LogP contribution in [0.2, 0.25) is 0 Å². The molecule has 14 heavy (non-hydrogen) atoms. The number of hydrogen-bond donors (Lipinski definition) is 0. The summed E-state index contributed by atoms with van der Waals surface area (Å²) in [5, 5.41) is 0. The van der Waals surface area contributed by atoms with Crippen LogP contribution in [0.1, 0.15) is 34.1 Å². The van der Waals surface area contributed by atoms with Gasteiger partial charge in [-0.1, -0.05) is 0 Å². The first-order chi connectivity index (χ1) is 6.52. The Labute approximate surface area is 88.3 Å². The molecule has 1 spiro atoms. The van der Waals surface area contributed by atoms with Crippen LogP contribution >= 0.6 is 0 Å². The fourth-order valence-electron chi connectivity index (χ4n) is 2.85. The first-order valence-corrected chi connectivity index (χ1v) is 6.00. The molecule has 2 saturated heterocycles. The molecular weight excluding hydrogens is 172 g/mol. The summed E-state index contributed by atoms with van der Waals surface area (Å²) in [6.45, 7) is 14.6. The van der Waals surface area contributed by atoms with Crippen molar-refractivity contribution in [2.75, 3.05) is 26.2 Å². The van der Waals surface area contributed by atoms with Gasteiger partial charge in [-0.25, -0.2) is 0 Å². The van der Waals surface area contributed by atoms with Gasteiger partial charge in [-0.2, -0.15) is 0 Å². The van der Waals surface area contributed by atoms with E-state index < -0.39 is 0 Å². The first kappa shape index (κ1) is 10.4. The van der Waals surface area contributed by atoms with Crippen molar-refractivity contribution in [2.24, 2.45) is 5.41 Å². The van der Waals surface area contributed by atoms with Crippen LogP contribution in [-0.4, -0.2) is 48.1 Å². The number of nitrogens with zero attached hydrogens (tertiary/aromatic N) is 2. The minimum absolute atomic E-state index is 0.675. The van der Waals surface area contributed by atoms with E-state index in [1.807, 2.05) is 0 Å². The van der Waals surface area contributed by atoms with E-state index in [4.69, 9.17) is 0 Å². The molecule has 0 atom stereocenters. The van der Waals surface area contributed by atoms with Crippen LogP contribution in [0, 0.1) is 5.41 Å². The van der Waals surface area contributed by atoms with Gasteiger partial charge in [-0.3, -0.25) is 4.90 Å². The summed E-state index contributed by atoms with van der Waals surface area (Å²) in [6, 6.07) is 1.48. The molecule has 0 saturated carbocycles. The molecule has 2 fully saturated rings. The van der Waals surface area contributed by atoms with Gasteiger partial charge in [0.15, 0.2) is 0 Å². The minimum Gasteiger partial charge on any atom is -0.300 e. The van der Waals surface area contributed by atoms with Crippen molar-refractivity contribution in [1.82, 2.24) is 9.80 Å². The molecule has 0 unspecified atom stereocenters. The minimum atomic E-state index is 0.675. The second kappa shape index (κ2) is 3.49. The summed E-state index contributed by atoms with van der Waals surface area (Å²) in [5.41, 5.74) is 0.675. The van der Waals surface area contributed by atoms with E-state index in [1.54, 1.807) is 0 Å². The quantitative estimate of drug-likeness (QED) is 0.664. The molecule has 0 bridgehead atoms. The second-order valence-electron chi connectivity index (χ2n) is 5.81. The first-order valence-electron chi connectivity index (χ1n) is 6.00. The molecule has 0 amide bonds. The topological polar surface area (TPSA) is 6.48 Å². The van der Waals surface area contributed by atoms with Gasteiger partial charge in [0, 0.05) is 37.1 Å². The summed E-state index contributed by atoms with van der Waals surface area (Å²) in [6.07, 6.45) is 1.42. The van der Waals surface area contributed by atoms with Crippen LogP contribution < -0.4 is 0 Å². The summed E-state index contributed by atoms with van der Waals surface area (Å²) in [4.78, 5) is 5.24. The third-order valence-corrected chi connectivity index (χ3v) is 4.01. The zero-order valence-electron chi connectivity index (χ0n) is 10.1. The highest BCUT2D eigenvalue weighted by molar-refractivity contribution is 5.02. The van der Waals surface area contributed by atoms with Gasteiger partial charge < -0.3 is 4.90 Å². The maximum absolute atomic E-state index is 2.64. The van der Waals surface area contributed by atoms with Gasteiger partial charge in [0.05, 0.1) is 0 Å². The van der Waals surface area contributed by atoms with E-state index in [2.05, 4.69) is 37.5 Å². The Hall–Kier alpha value is -0.0800. The Morgan fingerprint density at radius 2 is 1.36 bits per heavy atom. The predicted octanol–water partition coefficient (Wildman–Crippen LogP) is 1.81. The van der Waals surface area contributed by atoms with Gasteiger partial charge in [0.25, 0.3) is 0 Å². The molecule has 2 nitrogen and oxygen atoms in total. The van der Waals surface area contributed by atoms with E-state index in [1.165, 1.54) is 32.6 Å². The van der Waals surface area contributed by atoms with E-state index in [9.17, 15) is 0 Å². The maximum Gasteiger partial charge on any atom is 0.00972 e. The molecule has 2 aliphatic rings. The molecule has 0 N–H and O–H groups in total. The highest BCUT2D eigenvalue weighted by Crippen LogP contribution is 2.40. The number of rotatable bonds is 2. The van der Waals surface area contributed by atoms with Crippen molar-refractivity contribution >= 4 is 0 Å². The molecule has 0 aromatic heterocycles. The molecular formula is C12H24N2. The van der Waals surface area contributed by atoms with Gasteiger partial charge in [-0.05, 0) is 40.7 Å². The largest absolute Gasteiger partial charge is 0.300 e. The molecule has 2 rings (SSSR count). The lowest BCUT2D eigenvalue weighted by molar-refractivity contribution is -0.0158. The Kier molecular flexibility index (Phi) is 2.61. The molecule has 2 aliphatic heterocycles. The summed E-state index contributed by atoms with van der Waals surface area (Å²) in [5.74, 6) is 0. The zero-order valence-corrected chi connectivity index (χ0v) is 10.1. The summed E-state index contributed by atoms with van der Waals surface area (Å²) >= 11 is 0. The van der Waals surface area contributed by atoms with Gasteiger partial charge in [0.1, 0.15) is 0 Å². The van der Waals surface area contributed by atoms with Crippen LogP contribution in [0.15, 0.2) is 0 Å². The molecule has 0 aromatic rings. The third-order valence-electron chi connectivity index (χ3n) is 4.01. The van der Waals surface area contributed by atoms with Crippen LogP contribution in [-0.2, 0) is 0 Å². The summed E-state index contributed by atoms with van der Waals surface area (Å²) < 4.78 is 0. The van der Waals surface area contributed by atoms with Gasteiger partial charge >= 0.3 is 0 Å². The van der Waals surface area contributed by atoms with Crippen molar-refractivity contribution in [3.8, 4) is 0 Å². The summed E-state index contributed by atoms with van der Waals surface area (Å²) in [7, 11) is 0. The second-order valence-corrected chi connectivity index (χ2v) is 5.81. The maximum atomic E-state index is 2.64. The molecule has 2 heterocycles. The van der Waals surface area contributed by atoms with Crippen LogP contribution in [0.25, 0.3) is 0 Å². The lowest BCUT2D eigenvalue weighted by Crippen LogP contribution is -2.59. The van der Waals surface area contributed by atoms with Crippen LogP contribution in [0.4, 0.5) is 0 Å². The zero-order chi connectivity index (χ0) is 10.3.